The summed E-state index contributed by atoms with van der Waals surface area (Å²) in [7, 11) is 0. The summed E-state index contributed by atoms with van der Waals surface area (Å²) in [6, 6.07) is 2.31. The van der Waals surface area contributed by atoms with Gasteiger partial charge in [-0.1, -0.05) is 20.8 Å². The molecule has 0 radical (unpaired) electrons. The number of nitrogens with two attached hydrogens (primary N) is 1. The first-order valence-corrected chi connectivity index (χ1v) is 8.89. The lowest BCUT2D eigenvalue weighted by atomic mass is 9.93. The highest BCUT2D eigenvalue weighted by atomic mass is 127. The Labute approximate surface area is 135 Å². The zero-order valence-corrected chi connectivity index (χ0v) is 15.0. The van der Waals surface area contributed by atoms with Crippen molar-refractivity contribution in [2.75, 3.05) is 0 Å². The molecule has 2 rings (SSSR count). The highest BCUT2D eigenvalue weighted by Crippen LogP contribution is 2.28. The molecule has 1 atom stereocenters. The topological polar surface area (TPSA) is 50.9 Å². The Kier molecular flexibility index (Phi) is 4.99. The second kappa shape index (κ2) is 6.17. The van der Waals surface area contributed by atoms with Gasteiger partial charge in [0.2, 0.25) is 0 Å². The molecule has 2 aromatic heterocycles. The van der Waals surface area contributed by atoms with Crippen molar-refractivity contribution in [2.45, 2.75) is 38.6 Å². The number of halogens is 1. The van der Waals surface area contributed by atoms with Crippen LogP contribution >= 0.6 is 45.3 Å². The van der Waals surface area contributed by atoms with Gasteiger partial charge in [0.05, 0.1) is 19.6 Å². The van der Waals surface area contributed by atoms with E-state index in [9.17, 15) is 0 Å². The number of aromatic nitrogens is 1. The number of hydrogen-bond donors (Lipinski definition) is 2. The lowest BCUT2D eigenvalue weighted by Gasteiger charge is -2.15. The molecule has 6 heteroatoms. The van der Waals surface area contributed by atoms with Crippen LogP contribution in [0.4, 0.5) is 0 Å². The molecule has 2 heterocycles. The van der Waals surface area contributed by atoms with E-state index in [1.807, 2.05) is 0 Å². The maximum Gasteiger partial charge on any atom is 0.0948 e. The van der Waals surface area contributed by atoms with Crippen LogP contribution in [0.2, 0.25) is 0 Å². The Morgan fingerprint density at radius 3 is 2.58 bits per heavy atom. The number of nitrogens with one attached hydrogen (secondary N) is 1. The summed E-state index contributed by atoms with van der Waals surface area (Å²) in [6.07, 6.45) is 0.837. The molecule has 104 valence electrons. The Balaban J connectivity index is 2.13. The summed E-state index contributed by atoms with van der Waals surface area (Å²) in [5.74, 6) is 5.68. The summed E-state index contributed by atoms with van der Waals surface area (Å²) in [5, 5.41) is 5.44. The monoisotopic (exact) mass is 407 g/mol. The van der Waals surface area contributed by atoms with Crippen LogP contribution in [0, 0.1) is 2.88 Å². The SMILES string of the molecule is CC(C)(C)c1csc(CC(NN)c2csc(I)c2)n1. The number of hydrogen-bond acceptors (Lipinski definition) is 5. The van der Waals surface area contributed by atoms with Gasteiger partial charge in [0, 0.05) is 17.2 Å². The number of thiazole rings is 1. The fourth-order valence-electron chi connectivity index (χ4n) is 1.70. The highest BCUT2D eigenvalue weighted by molar-refractivity contribution is 14.1. The molecule has 3 nitrogen and oxygen atoms in total. The second-order valence-electron chi connectivity index (χ2n) is 5.48. The largest absolute Gasteiger partial charge is 0.271 e. The van der Waals surface area contributed by atoms with Gasteiger partial charge in [-0.2, -0.15) is 0 Å². The quantitative estimate of drug-likeness (QED) is 0.460. The van der Waals surface area contributed by atoms with Crippen molar-refractivity contribution in [3.63, 3.8) is 0 Å². The molecule has 0 saturated carbocycles. The van der Waals surface area contributed by atoms with Crippen LogP contribution in [-0.4, -0.2) is 4.98 Å². The van der Waals surface area contributed by atoms with Crippen LogP contribution in [-0.2, 0) is 11.8 Å². The van der Waals surface area contributed by atoms with Gasteiger partial charge in [0.1, 0.15) is 0 Å². The van der Waals surface area contributed by atoms with E-state index < -0.39 is 0 Å². The molecule has 0 aliphatic carbocycles. The van der Waals surface area contributed by atoms with E-state index in [0.717, 1.165) is 17.1 Å². The molecule has 3 N–H and O–H groups in total. The smallest absolute Gasteiger partial charge is 0.0948 e. The average molecular weight is 407 g/mol. The predicted molar refractivity (Wildman–Crippen MR) is 91.6 cm³/mol. The number of thiophene rings is 1. The van der Waals surface area contributed by atoms with Gasteiger partial charge in [-0.05, 0) is 39.6 Å². The van der Waals surface area contributed by atoms with Gasteiger partial charge >= 0.3 is 0 Å². The van der Waals surface area contributed by atoms with E-state index in [0.29, 0.717) is 0 Å². The third-order valence-corrected chi connectivity index (χ3v) is 5.57. The molecule has 0 bridgehead atoms. The molecule has 0 aromatic carbocycles. The normalized spacial score (nSPS) is 13.7. The summed E-state index contributed by atoms with van der Waals surface area (Å²) in [4.78, 5) is 4.73. The van der Waals surface area contributed by atoms with Gasteiger partial charge in [-0.3, -0.25) is 11.3 Å². The first kappa shape index (κ1) is 15.4. The third kappa shape index (κ3) is 3.98. The van der Waals surface area contributed by atoms with Gasteiger partial charge in [-0.15, -0.1) is 22.7 Å². The van der Waals surface area contributed by atoms with E-state index in [1.54, 1.807) is 22.7 Å². The minimum atomic E-state index is 0.109. The Bertz CT molecular complexity index is 542. The molecular weight excluding hydrogens is 389 g/mol. The fourth-order valence-corrected chi connectivity index (χ4v) is 4.20. The first-order valence-electron chi connectivity index (χ1n) is 6.05. The van der Waals surface area contributed by atoms with Crippen molar-refractivity contribution in [3.8, 4) is 0 Å². The molecule has 1 unspecified atom stereocenters. The Hall–Kier alpha value is -0.0200. The molecule has 0 aliphatic rings. The molecule has 0 amide bonds. The van der Waals surface area contributed by atoms with Gasteiger partial charge in [0.25, 0.3) is 0 Å². The third-order valence-electron chi connectivity index (χ3n) is 2.89. The molecular formula is C13H18IN3S2. The molecule has 19 heavy (non-hydrogen) atoms. The molecule has 0 spiro atoms. The van der Waals surface area contributed by atoms with E-state index in [-0.39, 0.29) is 11.5 Å². The second-order valence-corrected chi connectivity index (χ2v) is 9.23. The zero-order valence-electron chi connectivity index (χ0n) is 11.2. The molecule has 0 saturated heterocycles. The maximum absolute atomic E-state index is 5.68. The average Bonchev–Trinajstić information content (AvgIpc) is 2.94. The van der Waals surface area contributed by atoms with E-state index in [2.05, 4.69) is 65.6 Å². The minimum absolute atomic E-state index is 0.109. The van der Waals surface area contributed by atoms with Crippen molar-refractivity contribution in [1.29, 1.82) is 0 Å². The van der Waals surface area contributed by atoms with Crippen molar-refractivity contribution >= 4 is 45.3 Å². The van der Waals surface area contributed by atoms with Crippen LogP contribution in [0.5, 0.6) is 0 Å². The predicted octanol–water partition coefficient (Wildman–Crippen LogP) is 3.85. The Morgan fingerprint density at radius 2 is 2.11 bits per heavy atom. The fraction of sp³-hybridized carbons (Fsp3) is 0.462. The van der Waals surface area contributed by atoms with Crippen LogP contribution < -0.4 is 11.3 Å². The van der Waals surface area contributed by atoms with E-state index in [1.165, 1.54) is 8.45 Å². The maximum atomic E-state index is 5.68. The molecule has 2 aromatic rings. The van der Waals surface area contributed by atoms with Crippen molar-refractivity contribution in [3.05, 3.63) is 36.0 Å². The van der Waals surface area contributed by atoms with Gasteiger partial charge < -0.3 is 0 Å². The summed E-state index contributed by atoms with van der Waals surface area (Å²) < 4.78 is 1.28. The van der Waals surface area contributed by atoms with Crippen molar-refractivity contribution < 1.29 is 0 Å². The summed E-state index contributed by atoms with van der Waals surface area (Å²) in [5.41, 5.74) is 5.40. The van der Waals surface area contributed by atoms with Crippen LogP contribution in [0.3, 0.4) is 0 Å². The minimum Gasteiger partial charge on any atom is -0.271 e. The van der Waals surface area contributed by atoms with Crippen molar-refractivity contribution in [1.82, 2.24) is 10.4 Å². The first-order chi connectivity index (χ1) is 8.90. The standard InChI is InChI=1S/C13H18IN3S2/c1-13(2,3)10-7-19-12(16-10)5-9(17-15)8-4-11(14)18-6-8/h4,6-7,9,17H,5,15H2,1-3H3. The number of hydrazine groups is 1. The lowest BCUT2D eigenvalue weighted by Crippen LogP contribution is -2.29. The Morgan fingerprint density at radius 1 is 1.37 bits per heavy atom. The summed E-state index contributed by atoms with van der Waals surface area (Å²) in [6.45, 7) is 6.56. The summed E-state index contributed by atoms with van der Waals surface area (Å²) >= 11 is 5.79. The highest BCUT2D eigenvalue weighted by Gasteiger charge is 2.19. The van der Waals surface area contributed by atoms with Gasteiger partial charge in [0.15, 0.2) is 0 Å². The molecule has 0 aliphatic heterocycles. The van der Waals surface area contributed by atoms with E-state index >= 15 is 0 Å². The lowest BCUT2D eigenvalue weighted by molar-refractivity contribution is 0.542. The van der Waals surface area contributed by atoms with Crippen LogP contribution in [0.25, 0.3) is 0 Å². The zero-order chi connectivity index (χ0) is 14.0. The number of nitrogens with zero attached hydrogens (tertiary/aromatic N) is 1. The van der Waals surface area contributed by atoms with Crippen LogP contribution in [0.15, 0.2) is 16.8 Å². The van der Waals surface area contributed by atoms with Gasteiger partial charge in [-0.25, -0.2) is 4.98 Å². The van der Waals surface area contributed by atoms with Crippen molar-refractivity contribution in [2.24, 2.45) is 5.84 Å². The van der Waals surface area contributed by atoms with Crippen LogP contribution in [0.1, 0.15) is 43.1 Å². The van der Waals surface area contributed by atoms with E-state index in [4.69, 9.17) is 10.8 Å². The number of rotatable bonds is 4. The molecule has 0 fully saturated rings.